The van der Waals surface area contributed by atoms with E-state index in [2.05, 4.69) is 25.9 Å². The topological polar surface area (TPSA) is 79.8 Å². The average Bonchev–Trinajstić information content (AvgIpc) is 2.57. The molecule has 136 valence electrons. The van der Waals surface area contributed by atoms with Crippen molar-refractivity contribution < 1.29 is 9.47 Å². The van der Waals surface area contributed by atoms with Crippen molar-refractivity contribution in [3.8, 4) is 0 Å². The molecule has 0 atom stereocenters. The van der Waals surface area contributed by atoms with Gasteiger partial charge in [0, 0.05) is 46.6 Å². The molecule has 24 heavy (non-hydrogen) atoms. The minimum atomic E-state index is 0.499. The zero-order valence-corrected chi connectivity index (χ0v) is 15.6. The molecule has 0 spiro atoms. The molecule has 1 heterocycles. The van der Waals surface area contributed by atoms with Crippen LogP contribution in [0.25, 0.3) is 0 Å². The highest BCUT2D eigenvalue weighted by molar-refractivity contribution is 6.35. The first-order valence-corrected chi connectivity index (χ1v) is 8.49. The molecule has 0 aliphatic heterocycles. The zero-order chi connectivity index (χ0) is 17.6. The van der Waals surface area contributed by atoms with Crippen LogP contribution in [0, 0.1) is 0 Å². The first-order chi connectivity index (χ1) is 11.7. The fourth-order valence-corrected chi connectivity index (χ4v) is 2.20. The van der Waals surface area contributed by atoms with E-state index in [4.69, 9.17) is 32.7 Å². The molecule has 0 unspecified atom stereocenters. The molecule has 1 aromatic heterocycles. The zero-order valence-electron chi connectivity index (χ0n) is 14.1. The summed E-state index contributed by atoms with van der Waals surface area (Å²) < 4.78 is 10.3. The van der Waals surface area contributed by atoms with Crippen LogP contribution >= 0.6 is 23.2 Å². The van der Waals surface area contributed by atoms with Gasteiger partial charge in [-0.2, -0.15) is 0 Å². The van der Waals surface area contributed by atoms with E-state index < -0.39 is 0 Å². The Balaban J connectivity index is 2.11. The van der Waals surface area contributed by atoms with Gasteiger partial charge in [0.25, 0.3) is 0 Å². The van der Waals surface area contributed by atoms with Gasteiger partial charge in [-0.05, 0) is 12.5 Å². The summed E-state index contributed by atoms with van der Waals surface area (Å²) >= 11 is 11.9. The number of anilines is 1. The van der Waals surface area contributed by atoms with E-state index in [1.807, 2.05) is 0 Å². The van der Waals surface area contributed by atoms with Gasteiger partial charge in [-0.1, -0.05) is 23.2 Å². The Hall–Kier alpha value is -1.28. The molecule has 1 aromatic rings. The molecule has 9 heteroatoms. The summed E-state index contributed by atoms with van der Waals surface area (Å²) in [6.07, 6.45) is 2.45. The third-order valence-corrected chi connectivity index (χ3v) is 3.43. The Labute approximate surface area is 153 Å². The molecular formula is C15H25Cl2N5O2. The quantitative estimate of drug-likeness (QED) is 0.311. The molecule has 0 aliphatic rings. The van der Waals surface area contributed by atoms with E-state index in [0.29, 0.717) is 48.8 Å². The van der Waals surface area contributed by atoms with Crippen LogP contribution in [0.5, 0.6) is 0 Å². The number of methoxy groups -OCH3 is 1. The SMILES string of the molecule is CN=C(NCCCOCCOC)NCCNc1ncc(Cl)cc1Cl. The summed E-state index contributed by atoms with van der Waals surface area (Å²) in [4.78, 5) is 8.29. The molecule has 0 saturated heterocycles. The largest absolute Gasteiger partial charge is 0.382 e. The third kappa shape index (κ3) is 9.12. The third-order valence-electron chi connectivity index (χ3n) is 2.93. The van der Waals surface area contributed by atoms with Gasteiger partial charge in [0.15, 0.2) is 5.96 Å². The van der Waals surface area contributed by atoms with Gasteiger partial charge in [0.1, 0.15) is 5.82 Å². The highest BCUT2D eigenvalue weighted by Gasteiger charge is 2.02. The predicted octanol–water partition coefficient (Wildman–Crippen LogP) is 2.02. The van der Waals surface area contributed by atoms with Crippen molar-refractivity contribution in [2.75, 3.05) is 58.9 Å². The second-order valence-corrected chi connectivity index (χ2v) is 5.64. The number of aromatic nitrogens is 1. The molecule has 0 aliphatic carbocycles. The standard InChI is InChI=1S/C15H25Cl2N5O2/c1-18-15(20-4-3-7-24-9-8-23-2)21-6-5-19-14-13(17)10-12(16)11-22-14/h10-11H,3-9H2,1-2H3,(H,19,22)(H2,18,20,21). The Bertz CT molecular complexity index is 503. The molecule has 0 radical (unpaired) electrons. The predicted molar refractivity (Wildman–Crippen MR) is 99.4 cm³/mol. The summed E-state index contributed by atoms with van der Waals surface area (Å²) in [7, 11) is 3.39. The maximum atomic E-state index is 6.04. The van der Waals surface area contributed by atoms with Gasteiger partial charge in [0.2, 0.25) is 0 Å². The molecule has 7 nitrogen and oxygen atoms in total. The Kier molecular flexibility index (Phi) is 11.3. The number of hydrogen-bond donors (Lipinski definition) is 3. The van der Waals surface area contributed by atoms with Gasteiger partial charge in [0.05, 0.1) is 23.3 Å². The maximum Gasteiger partial charge on any atom is 0.191 e. The number of nitrogens with zero attached hydrogens (tertiary/aromatic N) is 2. The fourth-order valence-electron chi connectivity index (χ4n) is 1.75. The molecule has 0 fully saturated rings. The molecule has 1 rings (SSSR count). The molecule has 3 N–H and O–H groups in total. The van der Waals surface area contributed by atoms with E-state index in [1.165, 1.54) is 0 Å². The lowest BCUT2D eigenvalue weighted by Gasteiger charge is -2.13. The fraction of sp³-hybridized carbons (Fsp3) is 0.600. The smallest absolute Gasteiger partial charge is 0.191 e. The van der Waals surface area contributed by atoms with Gasteiger partial charge in [-0.3, -0.25) is 4.99 Å². The molecule has 0 amide bonds. The van der Waals surface area contributed by atoms with Crippen molar-refractivity contribution in [2.24, 2.45) is 4.99 Å². The number of ether oxygens (including phenoxy) is 2. The van der Waals surface area contributed by atoms with Gasteiger partial charge in [-0.15, -0.1) is 0 Å². The average molecular weight is 378 g/mol. The summed E-state index contributed by atoms with van der Waals surface area (Å²) in [6.45, 7) is 4.03. The van der Waals surface area contributed by atoms with Crippen LogP contribution in [-0.2, 0) is 9.47 Å². The first-order valence-electron chi connectivity index (χ1n) is 7.73. The van der Waals surface area contributed by atoms with Crippen molar-refractivity contribution in [3.63, 3.8) is 0 Å². The van der Waals surface area contributed by atoms with Gasteiger partial charge in [-0.25, -0.2) is 4.98 Å². The van der Waals surface area contributed by atoms with Crippen molar-refractivity contribution in [1.82, 2.24) is 15.6 Å². The molecular weight excluding hydrogens is 353 g/mol. The van der Waals surface area contributed by atoms with Crippen LogP contribution in [0.15, 0.2) is 17.3 Å². The van der Waals surface area contributed by atoms with E-state index in [0.717, 1.165) is 18.9 Å². The number of aliphatic imine (C=N–C) groups is 1. The van der Waals surface area contributed by atoms with Crippen LogP contribution in [-0.4, -0.2) is 64.6 Å². The minimum Gasteiger partial charge on any atom is -0.382 e. The van der Waals surface area contributed by atoms with Crippen LogP contribution in [0.2, 0.25) is 10.0 Å². The summed E-state index contributed by atoms with van der Waals surface area (Å²) in [6, 6.07) is 1.65. The van der Waals surface area contributed by atoms with E-state index in [-0.39, 0.29) is 0 Å². The minimum absolute atomic E-state index is 0.499. The monoisotopic (exact) mass is 377 g/mol. The number of nitrogens with one attached hydrogen (secondary N) is 3. The van der Waals surface area contributed by atoms with Crippen LogP contribution in [0.4, 0.5) is 5.82 Å². The number of hydrogen-bond acceptors (Lipinski definition) is 5. The number of pyridine rings is 1. The lowest BCUT2D eigenvalue weighted by atomic mass is 10.4. The number of rotatable bonds is 11. The van der Waals surface area contributed by atoms with Crippen molar-refractivity contribution in [1.29, 1.82) is 0 Å². The number of guanidine groups is 1. The van der Waals surface area contributed by atoms with Crippen LogP contribution in [0.1, 0.15) is 6.42 Å². The Morgan fingerprint density at radius 2 is 1.96 bits per heavy atom. The first kappa shape index (κ1) is 20.8. The normalized spacial score (nSPS) is 11.4. The van der Waals surface area contributed by atoms with E-state index >= 15 is 0 Å². The lowest BCUT2D eigenvalue weighted by Crippen LogP contribution is -2.40. The van der Waals surface area contributed by atoms with E-state index in [1.54, 1.807) is 26.4 Å². The second-order valence-electron chi connectivity index (χ2n) is 4.80. The highest BCUT2D eigenvalue weighted by atomic mass is 35.5. The highest BCUT2D eigenvalue weighted by Crippen LogP contribution is 2.21. The van der Waals surface area contributed by atoms with Gasteiger partial charge < -0.3 is 25.4 Å². The van der Waals surface area contributed by atoms with Crippen LogP contribution < -0.4 is 16.0 Å². The van der Waals surface area contributed by atoms with Crippen molar-refractivity contribution in [3.05, 3.63) is 22.3 Å². The Morgan fingerprint density at radius 3 is 2.67 bits per heavy atom. The summed E-state index contributed by atoms with van der Waals surface area (Å²) in [5, 5.41) is 10.6. The lowest BCUT2D eigenvalue weighted by molar-refractivity contribution is 0.0698. The molecule has 0 bridgehead atoms. The molecule has 0 aromatic carbocycles. The van der Waals surface area contributed by atoms with Crippen LogP contribution in [0.3, 0.4) is 0 Å². The molecule has 0 saturated carbocycles. The second kappa shape index (κ2) is 13.1. The maximum absolute atomic E-state index is 6.04. The van der Waals surface area contributed by atoms with E-state index in [9.17, 15) is 0 Å². The van der Waals surface area contributed by atoms with Gasteiger partial charge >= 0.3 is 0 Å². The number of halogens is 2. The van der Waals surface area contributed by atoms with Crippen molar-refractivity contribution >= 4 is 35.0 Å². The van der Waals surface area contributed by atoms with Crippen molar-refractivity contribution in [2.45, 2.75) is 6.42 Å². The summed E-state index contributed by atoms with van der Waals surface area (Å²) in [5.74, 6) is 1.35. The summed E-state index contributed by atoms with van der Waals surface area (Å²) in [5.41, 5.74) is 0. The Morgan fingerprint density at radius 1 is 1.17 bits per heavy atom.